The zero-order valence-corrected chi connectivity index (χ0v) is 16.7. The van der Waals surface area contributed by atoms with E-state index in [0.717, 1.165) is 6.26 Å². The van der Waals surface area contributed by atoms with Gasteiger partial charge in [0.1, 0.15) is 5.75 Å². The molecular formula is C20H24N2O5S. The number of para-hydroxylation sites is 1. The Morgan fingerprint density at radius 2 is 1.82 bits per heavy atom. The fourth-order valence-corrected chi connectivity index (χ4v) is 3.18. The van der Waals surface area contributed by atoms with Crippen LogP contribution in [0.25, 0.3) is 0 Å². The highest BCUT2D eigenvalue weighted by Crippen LogP contribution is 2.18. The van der Waals surface area contributed by atoms with Gasteiger partial charge in [-0.05, 0) is 43.7 Å². The first-order chi connectivity index (χ1) is 13.3. The van der Waals surface area contributed by atoms with Crippen molar-refractivity contribution in [2.45, 2.75) is 24.7 Å². The molecule has 2 N–H and O–H groups in total. The summed E-state index contributed by atoms with van der Waals surface area (Å²) in [6, 6.07) is 13.1. The molecule has 0 heterocycles. The van der Waals surface area contributed by atoms with Crippen LogP contribution in [0.4, 0.5) is 5.69 Å². The average Bonchev–Trinajstić information content (AvgIpc) is 2.65. The zero-order valence-electron chi connectivity index (χ0n) is 15.9. The molecule has 0 bridgehead atoms. The van der Waals surface area contributed by atoms with Gasteiger partial charge in [0.2, 0.25) is 5.91 Å². The maximum atomic E-state index is 12.3. The molecule has 28 heavy (non-hydrogen) atoms. The summed E-state index contributed by atoms with van der Waals surface area (Å²) in [7, 11) is -3.33. The molecular weight excluding hydrogens is 380 g/mol. The Kier molecular flexibility index (Phi) is 7.57. The van der Waals surface area contributed by atoms with Crippen LogP contribution >= 0.6 is 0 Å². The Morgan fingerprint density at radius 1 is 1.07 bits per heavy atom. The van der Waals surface area contributed by atoms with Crippen molar-refractivity contribution in [2.24, 2.45) is 0 Å². The van der Waals surface area contributed by atoms with Gasteiger partial charge in [-0.2, -0.15) is 0 Å². The van der Waals surface area contributed by atoms with Gasteiger partial charge >= 0.3 is 0 Å². The number of hydrogen-bond donors (Lipinski definition) is 2. The van der Waals surface area contributed by atoms with Crippen LogP contribution in [0.5, 0.6) is 5.75 Å². The van der Waals surface area contributed by atoms with E-state index in [9.17, 15) is 18.0 Å². The number of amides is 2. The first-order valence-corrected chi connectivity index (χ1v) is 10.8. The minimum atomic E-state index is -3.33. The normalized spacial score (nSPS) is 10.9. The van der Waals surface area contributed by atoms with Gasteiger partial charge < -0.3 is 15.4 Å². The van der Waals surface area contributed by atoms with E-state index in [1.54, 1.807) is 36.4 Å². The number of rotatable bonds is 9. The van der Waals surface area contributed by atoms with Gasteiger partial charge in [-0.15, -0.1) is 0 Å². The smallest absolute Gasteiger partial charge is 0.255 e. The van der Waals surface area contributed by atoms with Crippen LogP contribution < -0.4 is 15.4 Å². The highest BCUT2D eigenvalue weighted by Gasteiger charge is 2.12. The molecule has 0 spiro atoms. The molecule has 0 aliphatic rings. The SMILES string of the molecule is CCOc1ccccc1C(=O)NCCCC(=O)Nc1cccc(S(C)(=O)=O)c1. The lowest BCUT2D eigenvalue weighted by Gasteiger charge is -2.10. The van der Waals surface area contributed by atoms with Crippen molar-refractivity contribution < 1.29 is 22.7 Å². The molecule has 0 aliphatic heterocycles. The second kappa shape index (κ2) is 9.89. The standard InChI is InChI=1S/C20H24N2O5S/c1-3-27-18-11-5-4-10-17(18)20(24)21-13-7-12-19(23)22-15-8-6-9-16(14-15)28(2,25)26/h4-6,8-11,14H,3,7,12-13H2,1-2H3,(H,21,24)(H,22,23). The lowest BCUT2D eigenvalue weighted by molar-refractivity contribution is -0.116. The Hall–Kier alpha value is -2.87. The third-order valence-electron chi connectivity index (χ3n) is 3.84. The largest absolute Gasteiger partial charge is 0.493 e. The Bertz CT molecular complexity index is 941. The molecule has 2 aromatic rings. The fourth-order valence-electron chi connectivity index (χ4n) is 2.51. The molecule has 0 aliphatic carbocycles. The number of hydrogen-bond acceptors (Lipinski definition) is 5. The summed E-state index contributed by atoms with van der Waals surface area (Å²) in [6.07, 6.45) is 1.75. The maximum Gasteiger partial charge on any atom is 0.255 e. The molecule has 0 saturated carbocycles. The number of ether oxygens (including phenoxy) is 1. The number of sulfone groups is 1. The number of benzene rings is 2. The summed E-state index contributed by atoms with van der Waals surface area (Å²) in [5.41, 5.74) is 0.869. The minimum Gasteiger partial charge on any atom is -0.493 e. The lowest BCUT2D eigenvalue weighted by Crippen LogP contribution is -2.26. The van der Waals surface area contributed by atoms with Crippen LogP contribution in [0.15, 0.2) is 53.4 Å². The Balaban J connectivity index is 1.81. The van der Waals surface area contributed by atoms with E-state index in [-0.39, 0.29) is 23.1 Å². The average molecular weight is 404 g/mol. The van der Waals surface area contributed by atoms with E-state index in [0.29, 0.717) is 36.6 Å². The molecule has 0 unspecified atom stereocenters. The van der Waals surface area contributed by atoms with Crippen LogP contribution in [0.3, 0.4) is 0 Å². The number of carbonyl (C=O) groups excluding carboxylic acids is 2. The molecule has 0 atom stereocenters. The molecule has 0 radical (unpaired) electrons. The predicted molar refractivity (Wildman–Crippen MR) is 107 cm³/mol. The predicted octanol–water partition coefficient (Wildman–Crippen LogP) is 2.64. The van der Waals surface area contributed by atoms with Crippen LogP contribution in [0.2, 0.25) is 0 Å². The second-order valence-corrected chi connectivity index (χ2v) is 8.15. The van der Waals surface area contributed by atoms with Gasteiger partial charge in [0.15, 0.2) is 9.84 Å². The molecule has 150 valence electrons. The van der Waals surface area contributed by atoms with Crippen LogP contribution in [-0.4, -0.2) is 39.6 Å². The highest BCUT2D eigenvalue weighted by atomic mass is 32.2. The van der Waals surface area contributed by atoms with Gasteiger partial charge in [0.25, 0.3) is 5.91 Å². The maximum absolute atomic E-state index is 12.3. The molecule has 2 aromatic carbocycles. The Labute approximate surface area is 165 Å². The summed E-state index contributed by atoms with van der Waals surface area (Å²) in [5.74, 6) is 0.00549. The van der Waals surface area contributed by atoms with Crippen molar-refractivity contribution in [3.05, 3.63) is 54.1 Å². The van der Waals surface area contributed by atoms with Gasteiger partial charge in [-0.25, -0.2) is 8.42 Å². The van der Waals surface area contributed by atoms with Crippen LogP contribution in [0, 0.1) is 0 Å². The van der Waals surface area contributed by atoms with Crippen molar-refractivity contribution in [2.75, 3.05) is 24.7 Å². The van der Waals surface area contributed by atoms with Crippen molar-refractivity contribution in [1.82, 2.24) is 5.32 Å². The Morgan fingerprint density at radius 3 is 2.54 bits per heavy atom. The van der Waals surface area contributed by atoms with Crippen LogP contribution in [-0.2, 0) is 14.6 Å². The molecule has 0 fully saturated rings. The third kappa shape index (κ3) is 6.38. The molecule has 0 aromatic heterocycles. The second-order valence-electron chi connectivity index (χ2n) is 6.14. The zero-order chi connectivity index (χ0) is 20.6. The van der Waals surface area contributed by atoms with Gasteiger partial charge in [0.05, 0.1) is 17.1 Å². The van der Waals surface area contributed by atoms with Crippen molar-refractivity contribution in [3.63, 3.8) is 0 Å². The minimum absolute atomic E-state index is 0.144. The number of carbonyl (C=O) groups is 2. The van der Waals surface area contributed by atoms with Crippen molar-refractivity contribution in [3.8, 4) is 5.75 Å². The first kappa shape index (κ1) is 21.4. The quantitative estimate of drug-likeness (QED) is 0.626. The van der Waals surface area contributed by atoms with Gasteiger partial charge in [-0.3, -0.25) is 9.59 Å². The first-order valence-electron chi connectivity index (χ1n) is 8.91. The summed E-state index contributed by atoms with van der Waals surface area (Å²) >= 11 is 0. The molecule has 0 saturated heterocycles. The summed E-state index contributed by atoms with van der Waals surface area (Å²) in [5, 5.41) is 5.43. The van der Waals surface area contributed by atoms with E-state index in [1.807, 2.05) is 6.92 Å². The summed E-state index contributed by atoms with van der Waals surface area (Å²) in [4.78, 5) is 24.4. The van der Waals surface area contributed by atoms with E-state index in [1.165, 1.54) is 12.1 Å². The van der Waals surface area contributed by atoms with E-state index in [4.69, 9.17) is 4.74 Å². The van der Waals surface area contributed by atoms with Gasteiger partial charge in [-0.1, -0.05) is 18.2 Å². The fraction of sp³-hybridized carbons (Fsp3) is 0.300. The topological polar surface area (TPSA) is 102 Å². The summed E-state index contributed by atoms with van der Waals surface area (Å²) < 4.78 is 28.6. The van der Waals surface area contributed by atoms with Crippen LogP contribution in [0.1, 0.15) is 30.1 Å². The van der Waals surface area contributed by atoms with E-state index in [2.05, 4.69) is 10.6 Å². The van der Waals surface area contributed by atoms with Crippen molar-refractivity contribution >= 4 is 27.3 Å². The molecule has 8 heteroatoms. The summed E-state index contributed by atoms with van der Waals surface area (Å²) in [6.45, 7) is 2.64. The van der Waals surface area contributed by atoms with Crippen molar-refractivity contribution in [1.29, 1.82) is 0 Å². The van der Waals surface area contributed by atoms with Gasteiger partial charge in [0, 0.05) is 24.9 Å². The highest BCUT2D eigenvalue weighted by molar-refractivity contribution is 7.90. The lowest BCUT2D eigenvalue weighted by atomic mass is 10.2. The van der Waals surface area contributed by atoms with E-state index < -0.39 is 9.84 Å². The van der Waals surface area contributed by atoms with E-state index >= 15 is 0 Å². The molecule has 7 nitrogen and oxygen atoms in total. The molecule has 2 rings (SSSR count). The number of nitrogens with one attached hydrogen (secondary N) is 2. The monoisotopic (exact) mass is 404 g/mol. The number of anilines is 1. The molecule has 2 amide bonds. The third-order valence-corrected chi connectivity index (χ3v) is 4.95.